The van der Waals surface area contributed by atoms with Crippen molar-refractivity contribution in [2.24, 2.45) is 0 Å². The molecule has 0 saturated carbocycles. The first-order valence-electron chi connectivity index (χ1n) is 6.32. The average Bonchev–Trinajstić information content (AvgIpc) is 2.48. The smallest absolute Gasteiger partial charge is 0.296 e. The molecule has 0 bridgehead atoms. The van der Waals surface area contributed by atoms with Gasteiger partial charge in [-0.3, -0.25) is 10.1 Å². The monoisotopic (exact) mass is 350 g/mol. The lowest BCUT2D eigenvalue weighted by Gasteiger charge is -2.09. The molecule has 110 valence electrons. The Morgan fingerprint density at radius 2 is 2.05 bits per heavy atom. The minimum absolute atomic E-state index is 0.00295. The summed E-state index contributed by atoms with van der Waals surface area (Å²) in [6, 6.07) is 10.7. The van der Waals surface area contributed by atoms with Crippen molar-refractivity contribution in [3.05, 3.63) is 62.1 Å². The van der Waals surface area contributed by atoms with Gasteiger partial charge in [-0.25, -0.2) is 0 Å². The summed E-state index contributed by atoms with van der Waals surface area (Å²) in [5, 5.41) is 14.2. The van der Waals surface area contributed by atoms with Crippen molar-refractivity contribution in [1.29, 1.82) is 0 Å². The topological polar surface area (TPSA) is 64.4 Å². The van der Waals surface area contributed by atoms with Gasteiger partial charge < -0.3 is 10.1 Å². The maximum absolute atomic E-state index is 11.1. The molecule has 0 aliphatic carbocycles. The van der Waals surface area contributed by atoms with Crippen LogP contribution in [0.25, 0.3) is 0 Å². The minimum atomic E-state index is -0.419. The van der Waals surface area contributed by atoms with Gasteiger partial charge in [-0.05, 0) is 36.2 Å². The summed E-state index contributed by atoms with van der Waals surface area (Å²) in [5.74, 6) is 0.465. The third-order valence-corrected chi connectivity index (χ3v) is 4.00. The quantitative estimate of drug-likeness (QED) is 0.645. The summed E-state index contributed by atoms with van der Waals surface area (Å²) in [7, 11) is 1.48. The van der Waals surface area contributed by atoms with Crippen molar-refractivity contribution >= 4 is 27.3 Å². The Morgan fingerprint density at radius 3 is 2.67 bits per heavy atom. The Balaban J connectivity index is 2.19. The van der Waals surface area contributed by atoms with Gasteiger partial charge in [-0.2, -0.15) is 0 Å². The Morgan fingerprint density at radius 1 is 1.29 bits per heavy atom. The Hall–Kier alpha value is -2.08. The van der Waals surface area contributed by atoms with Crippen LogP contribution in [-0.4, -0.2) is 12.0 Å². The van der Waals surface area contributed by atoms with E-state index in [-0.39, 0.29) is 5.69 Å². The molecule has 0 amide bonds. The molecule has 0 fully saturated rings. The first-order valence-corrected chi connectivity index (χ1v) is 7.12. The first-order chi connectivity index (χ1) is 10.0. The number of nitrogens with zero attached hydrogens (tertiary/aromatic N) is 1. The van der Waals surface area contributed by atoms with E-state index in [0.29, 0.717) is 18.0 Å². The van der Waals surface area contributed by atoms with Crippen LogP contribution in [0.2, 0.25) is 0 Å². The van der Waals surface area contributed by atoms with Crippen LogP contribution >= 0.6 is 15.9 Å². The van der Waals surface area contributed by atoms with E-state index in [1.807, 2.05) is 25.1 Å². The van der Waals surface area contributed by atoms with Crippen LogP contribution in [0, 0.1) is 17.0 Å². The van der Waals surface area contributed by atoms with Crippen molar-refractivity contribution in [3.63, 3.8) is 0 Å². The maximum Gasteiger partial charge on any atom is 0.296 e. The summed E-state index contributed by atoms with van der Waals surface area (Å²) < 4.78 is 6.06. The molecule has 0 unspecified atom stereocenters. The van der Waals surface area contributed by atoms with E-state index in [2.05, 4.69) is 21.2 Å². The number of aryl methyl sites for hydroxylation is 1. The van der Waals surface area contributed by atoms with Crippen LogP contribution in [-0.2, 0) is 6.54 Å². The lowest BCUT2D eigenvalue weighted by molar-refractivity contribution is -0.384. The first kappa shape index (κ1) is 15.3. The lowest BCUT2D eigenvalue weighted by atomic mass is 10.1. The summed E-state index contributed by atoms with van der Waals surface area (Å²) in [5.41, 5.74) is 2.66. The van der Waals surface area contributed by atoms with Gasteiger partial charge in [0.15, 0.2) is 0 Å². The molecule has 2 rings (SSSR count). The molecule has 0 spiro atoms. The normalized spacial score (nSPS) is 10.2. The third kappa shape index (κ3) is 3.72. The average molecular weight is 351 g/mol. The minimum Gasteiger partial charge on any atom is -0.496 e. The highest BCUT2D eigenvalue weighted by Crippen LogP contribution is 2.29. The SMILES string of the molecule is COc1ccc(NCc2ccc(Br)c(C)c2)c([N+](=O)[O-])c1. The van der Waals surface area contributed by atoms with Gasteiger partial charge >= 0.3 is 0 Å². The van der Waals surface area contributed by atoms with Crippen molar-refractivity contribution in [1.82, 2.24) is 0 Å². The number of benzene rings is 2. The number of anilines is 1. The van der Waals surface area contributed by atoms with E-state index in [1.165, 1.54) is 13.2 Å². The van der Waals surface area contributed by atoms with Crippen molar-refractivity contribution < 1.29 is 9.66 Å². The molecule has 1 N–H and O–H groups in total. The molecule has 2 aromatic carbocycles. The maximum atomic E-state index is 11.1. The molecule has 5 nitrogen and oxygen atoms in total. The number of nitro groups is 1. The highest BCUT2D eigenvalue weighted by atomic mass is 79.9. The van der Waals surface area contributed by atoms with E-state index in [0.717, 1.165) is 15.6 Å². The molecule has 0 atom stereocenters. The van der Waals surface area contributed by atoms with E-state index < -0.39 is 4.92 Å². The van der Waals surface area contributed by atoms with Crippen LogP contribution in [0.15, 0.2) is 40.9 Å². The van der Waals surface area contributed by atoms with E-state index in [9.17, 15) is 10.1 Å². The molecule has 0 aliphatic heterocycles. The van der Waals surface area contributed by atoms with Gasteiger partial charge in [0.05, 0.1) is 18.1 Å². The van der Waals surface area contributed by atoms with E-state index in [4.69, 9.17) is 4.74 Å². The van der Waals surface area contributed by atoms with Gasteiger partial charge in [-0.15, -0.1) is 0 Å². The van der Waals surface area contributed by atoms with Crippen molar-refractivity contribution in [3.8, 4) is 5.75 Å². The Labute approximate surface area is 131 Å². The Kier molecular flexibility index (Phi) is 4.80. The number of nitrogens with one attached hydrogen (secondary N) is 1. The van der Waals surface area contributed by atoms with Crippen LogP contribution in [0.3, 0.4) is 0 Å². The molecule has 0 aromatic heterocycles. The van der Waals surface area contributed by atoms with Crippen LogP contribution in [0.1, 0.15) is 11.1 Å². The molecule has 2 aromatic rings. The lowest BCUT2D eigenvalue weighted by Crippen LogP contribution is -2.03. The van der Waals surface area contributed by atoms with E-state index in [1.54, 1.807) is 12.1 Å². The van der Waals surface area contributed by atoms with Crippen LogP contribution in [0.5, 0.6) is 5.75 Å². The highest BCUT2D eigenvalue weighted by molar-refractivity contribution is 9.10. The molecule has 0 radical (unpaired) electrons. The number of hydrogen-bond donors (Lipinski definition) is 1. The van der Waals surface area contributed by atoms with Gasteiger partial charge in [0.2, 0.25) is 0 Å². The van der Waals surface area contributed by atoms with Crippen molar-refractivity contribution in [2.75, 3.05) is 12.4 Å². The molecular formula is C15H15BrN2O3. The van der Waals surface area contributed by atoms with Crippen molar-refractivity contribution in [2.45, 2.75) is 13.5 Å². The van der Waals surface area contributed by atoms with Gasteiger partial charge in [-0.1, -0.05) is 28.1 Å². The number of nitro benzene ring substituents is 1. The number of rotatable bonds is 5. The van der Waals surface area contributed by atoms with Crippen LogP contribution in [0.4, 0.5) is 11.4 Å². The number of hydrogen-bond acceptors (Lipinski definition) is 4. The fraction of sp³-hybridized carbons (Fsp3) is 0.200. The predicted octanol–water partition coefficient (Wildman–Crippen LogP) is 4.29. The fourth-order valence-electron chi connectivity index (χ4n) is 1.95. The standard InChI is InChI=1S/C15H15BrN2O3/c1-10-7-11(3-5-13(10)16)9-17-14-6-4-12(21-2)8-15(14)18(19)20/h3-8,17H,9H2,1-2H3. The fourth-order valence-corrected chi connectivity index (χ4v) is 2.20. The zero-order valence-corrected chi connectivity index (χ0v) is 13.3. The second-order valence-corrected chi connectivity index (χ2v) is 5.43. The summed E-state index contributed by atoms with van der Waals surface area (Å²) in [4.78, 5) is 10.7. The summed E-state index contributed by atoms with van der Waals surface area (Å²) in [6.07, 6.45) is 0. The molecular weight excluding hydrogens is 336 g/mol. The third-order valence-electron chi connectivity index (χ3n) is 3.11. The molecule has 6 heteroatoms. The zero-order chi connectivity index (χ0) is 15.4. The molecule has 21 heavy (non-hydrogen) atoms. The number of ether oxygens (including phenoxy) is 1. The summed E-state index contributed by atoms with van der Waals surface area (Å²) >= 11 is 3.45. The number of methoxy groups -OCH3 is 1. The summed E-state index contributed by atoms with van der Waals surface area (Å²) in [6.45, 7) is 2.52. The van der Waals surface area contributed by atoms with Gasteiger partial charge in [0.1, 0.15) is 11.4 Å². The molecule has 0 aliphatic rings. The molecule has 0 heterocycles. The highest BCUT2D eigenvalue weighted by Gasteiger charge is 2.14. The largest absolute Gasteiger partial charge is 0.496 e. The van der Waals surface area contributed by atoms with E-state index >= 15 is 0 Å². The van der Waals surface area contributed by atoms with Crippen LogP contribution < -0.4 is 10.1 Å². The van der Waals surface area contributed by atoms with Gasteiger partial charge in [0.25, 0.3) is 5.69 Å². The molecule has 0 saturated heterocycles. The predicted molar refractivity (Wildman–Crippen MR) is 85.9 cm³/mol. The number of halogens is 1. The van der Waals surface area contributed by atoms with Gasteiger partial charge in [0, 0.05) is 11.0 Å². The second kappa shape index (κ2) is 6.58. The zero-order valence-electron chi connectivity index (χ0n) is 11.7. The second-order valence-electron chi connectivity index (χ2n) is 4.58. The Bertz CT molecular complexity index is 674.